The molecule has 0 spiro atoms. The number of hydrogen-bond donors (Lipinski definition) is 0. The fraction of sp³-hybridized carbons (Fsp3) is 0.800. The largest absolute Gasteiger partial charge is 0.258 e. The first-order chi connectivity index (χ1) is 12.9. The van der Waals surface area contributed by atoms with E-state index in [1.54, 1.807) is 0 Å². The zero-order chi connectivity index (χ0) is 18.7. The number of nitrogens with zero attached hydrogens (tertiary/aromatic N) is 1. The van der Waals surface area contributed by atoms with E-state index in [4.69, 9.17) is 4.98 Å². The van der Waals surface area contributed by atoms with Gasteiger partial charge < -0.3 is 0 Å². The average Bonchev–Trinajstić information content (AvgIpc) is 2.66. The van der Waals surface area contributed by atoms with Crippen LogP contribution in [0.2, 0.25) is 0 Å². The number of rotatable bonds is 18. The molecule has 0 fully saturated rings. The van der Waals surface area contributed by atoms with Crippen molar-refractivity contribution in [2.75, 3.05) is 0 Å². The van der Waals surface area contributed by atoms with E-state index in [0.717, 1.165) is 0 Å². The first kappa shape index (κ1) is 23.2. The highest BCUT2D eigenvalue weighted by molar-refractivity contribution is 5.11. The molecule has 0 radical (unpaired) electrons. The van der Waals surface area contributed by atoms with Crippen LogP contribution in [0, 0.1) is 0 Å². The molecule has 0 bridgehead atoms. The van der Waals surface area contributed by atoms with E-state index in [1.165, 1.54) is 127 Å². The van der Waals surface area contributed by atoms with Crippen molar-refractivity contribution < 1.29 is 0 Å². The predicted molar refractivity (Wildman–Crippen MR) is 117 cm³/mol. The molecule has 0 aromatic carbocycles. The molecule has 26 heavy (non-hydrogen) atoms. The number of aromatic nitrogens is 1. The maximum Gasteiger partial charge on any atom is 0.0406 e. The second kappa shape index (κ2) is 17.6. The third-order valence-corrected chi connectivity index (χ3v) is 5.44. The van der Waals surface area contributed by atoms with Gasteiger partial charge in [-0.25, -0.2) is 0 Å². The lowest BCUT2D eigenvalue weighted by Crippen LogP contribution is -1.96. The molecule has 0 aliphatic rings. The van der Waals surface area contributed by atoms with Gasteiger partial charge in [0.15, 0.2) is 0 Å². The van der Waals surface area contributed by atoms with Gasteiger partial charge in [-0.2, -0.15) is 0 Å². The minimum atomic E-state index is 1.17. The maximum absolute atomic E-state index is 4.89. The van der Waals surface area contributed by atoms with Gasteiger partial charge in [-0.15, -0.1) is 0 Å². The molecule has 1 heterocycles. The van der Waals surface area contributed by atoms with Crippen LogP contribution in [-0.2, 0) is 12.8 Å². The van der Waals surface area contributed by atoms with Crippen molar-refractivity contribution in [3.63, 3.8) is 0 Å². The summed E-state index contributed by atoms with van der Waals surface area (Å²) < 4.78 is 0. The molecule has 1 heteroatoms. The number of hydrogen-bond acceptors (Lipinski definition) is 1. The Morgan fingerprint density at radius 2 is 0.846 bits per heavy atom. The number of pyridine rings is 1. The van der Waals surface area contributed by atoms with Gasteiger partial charge in [0.1, 0.15) is 0 Å². The molecule has 150 valence electrons. The van der Waals surface area contributed by atoms with Crippen molar-refractivity contribution in [3.8, 4) is 0 Å². The molecule has 0 amide bonds. The third-order valence-electron chi connectivity index (χ3n) is 5.44. The van der Waals surface area contributed by atoms with E-state index < -0.39 is 0 Å². The van der Waals surface area contributed by atoms with Crippen molar-refractivity contribution in [2.24, 2.45) is 0 Å². The standard InChI is InChI=1S/C25H45N/c1-3-5-7-9-11-13-15-17-20-24-22-19-23-25(26-24)21-18-16-14-12-10-8-6-4-2/h19,22-23H,3-18,20-21H2,1-2H3. The summed E-state index contributed by atoms with van der Waals surface area (Å²) in [5.41, 5.74) is 2.63. The zero-order valence-electron chi connectivity index (χ0n) is 17.9. The van der Waals surface area contributed by atoms with E-state index in [9.17, 15) is 0 Å². The van der Waals surface area contributed by atoms with Crippen LogP contribution in [0.5, 0.6) is 0 Å². The monoisotopic (exact) mass is 359 g/mol. The number of aryl methyl sites for hydroxylation is 2. The highest BCUT2D eigenvalue weighted by atomic mass is 14.7. The van der Waals surface area contributed by atoms with Crippen molar-refractivity contribution in [3.05, 3.63) is 29.6 Å². The van der Waals surface area contributed by atoms with Crippen molar-refractivity contribution in [1.29, 1.82) is 0 Å². The van der Waals surface area contributed by atoms with E-state index in [1.807, 2.05) is 0 Å². The van der Waals surface area contributed by atoms with Gasteiger partial charge in [-0.3, -0.25) is 4.98 Å². The molecule has 0 aliphatic heterocycles. The first-order valence-corrected chi connectivity index (χ1v) is 11.8. The van der Waals surface area contributed by atoms with E-state index in [2.05, 4.69) is 32.0 Å². The zero-order valence-corrected chi connectivity index (χ0v) is 17.9. The molecule has 1 aromatic rings. The molecule has 0 saturated carbocycles. The summed E-state index contributed by atoms with van der Waals surface area (Å²) in [5.74, 6) is 0. The summed E-state index contributed by atoms with van der Waals surface area (Å²) in [4.78, 5) is 4.89. The Balaban J connectivity index is 2.03. The average molecular weight is 360 g/mol. The molecule has 0 atom stereocenters. The summed E-state index contributed by atoms with van der Waals surface area (Å²) >= 11 is 0. The highest BCUT2D eigenvalue weighted by Gasteiger charge is 2.00. The minimum Gasteiger partial charge on any atom is -0.258 e. The summed E-state index contributed by atoms with van der Waals surface area (Å²) in [6.07, 6.45) is 24.6. The SMILES string of the molecule is CCCCCCCCCCc1cccc(CCCCCCCCCC)n1. The molecule has 1 aromatic heterocycles. The summed E-state index contributed by atoms with van der Waals surface area (Å²) in [5, 5.41) is 0. The van der Waals surface area contributed by atoms with Crippen molar-refractivity contribution >= 4 is 0 Å². The van der Waals surface area contributed by atoms with E-state index >= 15 is 0 Å². The molecule has 1 rings (SSSR count). The quantitative estimate of drug-likeness (QED) is 0.240. The third kappa shape index (κ3) is 13.4. The Kier molecular flexibility index (Phi) is 15.7. The van der Waals surface area contributed by atoms with Crippen LogP contribution in [0.4, 0.5) is 0 Å². The van der Waals surface area contributed by atoms with Crippen LogP contribution in [0.1, 0.15) is 128 Å². The van der Waals surface area contributed by atoms with Gasteiger partial charge in [-0.1, -0.05) is 110 Å². The molecular weight excluding hydrogens is 314 g/mol. The Labute approximate surface area is 164 Å². The fourth-order valence-corrected chi connectivity index (χ4v) is 3.69. The summed E-state index contributed by atoms with van der Waals surface area (Å²) in [7, 11) is 0. The van der Waals surface area contributed by atoms with Crippen molar-refractivity contribution in [1.82, 2.24) is 4.98 Å². The van der Waals surface area contributed by atoms with Crippen LogP contribution < -0.4 is 0 Å². The lowest BCUT2D eigenvalue weighted by Gasteiger charge is -2.06. The van der Waals surface area contributed by atoms with Crippen LogP contribution in [-0.4, -0.2) is 4.98 Å². The van der Waals surface area contributed by atoms with E-state index in [-0.39, 0.29) is 0 Å². The molecule has 0 N–H and O–H groups in total. The summed E-state index contributed by atoms with van der Waals surface area (Å²) in [6, 6.07) is 6.66. The molecule has 1 nitrogen and oxygen atoms in total. The van der Waals surface area contributed by atoms with Gasteiger partial charge in [-0.05, 0) is 37.8 Å². The second-order valence-electron chi connectivity index (χ2n) is 8.07. The maximum atomic E-state index is 4.89. The fourth-order valence-electron chi connectivity index (χ4n) is 3.69. The van der Waals surface area contributed by atoms with Crippen LogP contribution in [0.25, 0.3) is 0 Å². The van der Waals surface area contributed by atoms with Crippen molar-refractivity contribution in [2.45, 2.75) is 129 Å². The van der Waals surface area contributed by atoms with Gasteiger partial charge in [0.2, 0.25) is 0 Å². The smallest absolute Gasteiger partial charge is 0.0406 e. The van der Waals surface area contributed by atoms with E-state index in [0.29, 0.717) is 0 Å². The summed E-state index contributed by atoms with van der Waals surface area (Å²) in [6.45, 7) is 4.57. The Morgan fingerprint density at radius 1 is 0.500 bits per heavy atom. The Bertz CT molecular complexity index is 377. The topological polar surface area (TPSA) is 12.9 Å². The van der Waals surface area contributed by atoms with Crippen LogP contribution in [0.15, 0.2) is 18.2 Å². The Morgan fingerprint density at radius 3 is 1.23 bits per heavy atom. The van der Waals surface area contributed by atoms with Crippen LogP contribution in [0.3, 0.4) is 0 Å². The van der Waals surface area contributed by atoms with Gasteiger partial charge in [0, 0.05) is 11.4 Å². The van der Waals surface area contributed by atoms with Crippen LogP contribution >= 0.6 is 0 Å². The Hall–Kier alpha value is -0.850. The molecule has 0 saturated heterocycles. The molecule has 0 unspecified atom stereocenters. The van der Waals surface area contributed by atoms with Gasteiger partial charge in [0.05, 0.1) is 0 Å². The molecular formula is C25H45N. The minimum absolute atomic E-state index is 1.17. The highest BCUT2D eigenvalue weighted by Crippen LogP contribution is 2.13. The lowest BCUT2D eigenvalue weighted by atomic mass is 10.0. The molecule has 0 aliphatic carbocycles. The predicted octanol–water partition coefficient (Wildman–Crippen LogP) is 8.45. The number of unbranched alkanes of at least 4 members (excludes halogenated alkanes) is 14. The van der Waals surface area contributed by atoms with Gasteiger partial charge >= 0.3 is 0 Å². The second-order valence-corrected chi connectivity index (χ2v) is 8.07. The normalized spacial score (nSPS) is 11.2. The lowest BCUT2D eigenvalue weighted by molar-refractivity contribution is 0.570. The first-order valence-electron chi connectivity index (χ1n) is 11.8. The van der Waals surface area contributed by atoms with Gasteiger partial charge in [0.25, 0.3) is 0 Å².